The summed E-state index contributed by atoms with van der Waals surface area (Å²) in [4.78, 5) is 43.4. The first-order valence-corrected chi connectivity index (χ1v) is 14.4. The number of aliphatic hydroxyl groups is 1. The third-order valence-corrected chi connectivity index (χ3v) is 8.65. The van der Waals surface area contributed by atoms with Crippen molar-refractivity contribution in [2.24, 2.45) is 0 Å². The van der Waals surface area contributed by atoms with Gasteiger partial charge in [0.05, 0.1) is 6.61 Å². The minimum absolute atomic E-state index is 0.132. The second kappa shape index (κ2) is 11.4. The molecule has 3 aliphatic heterocycles. The molecule has 0 radical (unpaired) electrons. The maximum absolute atomic E-state index is 13.5. The molecule has 4 amide bonds. The molecule has 45 heavy (non-hydrogen) atoms. The smallest absolute Gasteiger partial charge is 0.430 e. The topological polar surface area (TPSA) is 102 Å². The van der Waals surface area contributed by atoms with Crippen LogP contribution in [0, 0.1) is 0 Å². The number of benzene rings is 2. The van der Waals surface area contributed by atoms with Crippen LogP contribution in [0.25, 0.3) is 0 Å². The Bertz CT molecular complexity index is 1490. The van der Waals surface area contributed by atoms with Crippen molar-refractivity contribution in [1.29, 1.82) is 0 Å². The fraction of sp³-hybridized carbons (Fsp3) is 0.500. The number of urea groups is 1. The Hall–Kier alpha value is -4.01. The Morgan fingerprint density at radius 1 is 1.00 bits per heavy atom. The van der Waals surface area contributed by atoms with E-state index in [4.69, 9.17) is 4.74 Å². The average Bonchev–Trinajstić information content (AvgIpc) is 3.54. The molecule has 1 atom stereocenters. The normalized spacial score (nSPS) is 20.8. The van der Waals surface area contributed by atoms with Crippen LogP contribution in [0.2, 0.25) is 0 Å². The Kier molecular flexibility index (Phi) is 8.21. The molecule has 0 spiro atoms. The first-order valence-electron chi connectivity index (χ1n) is 14.4. The molecule has 2 saturated heterocycles. The minimum atomic E-state index is -6.00. The number of alkyl halides is 6. The summed E-state index contributed by atoms with van der Waals surface area (Å²) in [6.07, 6.45) is -10.8. The summed E-state index contributed by atoms with van der Waals surface area (Å²) in [7, 11) is 0. The van der Waals surface area contributed by atoms with Gasteiger partial charge in [0.2, 0.25) is 5.91 Å². The third-order valence-electron chi connectivity index (χ3n) is 8.65. The summed E-state index contributed by atoms with van der Waals surface area (Å²) in [5, 5.41) is 12.5. The predicted molar refractivity (Wildman–Crippen MR) is 148 cm³/mol. The zero-order chi connectivity index (χ0) is 32.9. The van der Waals surface area contributed by atoms with Crippen molar-refractivity contribution in [3.05, 3.63) is 58.7 Å². The maximum atomic E-state index is 13.5. The van der Waals surface area contributed by atoms with E-state index in [-0.39, 0.29) is 38.2 Å². The molecule has 3 aliphatic rings. The molecule has 2 aromatic rings. The Morgan fingerprint density at radius 3 is 2.29 bits per heavy atom. The molecule has 0 saturated carbocycles. The molecule has 2 fully saturated rings. The summed E-state index contributed by atoms with van der Waals surface area (Å²) in [5.74, 6) is -0.359. The van der Waals surface area contributed by atoms with Crippen molar-refractivity contribution in [2.75, 3.05) is 44.2 Å². The van der Waals surface area contributed by atoms with E-state index in [9.17, 15) is 45.8 Å². The lowest BCUT2D eigenvalue weighted by atomic mass is 9.89. The van der Waals surface area contributed by atoms with Crippen molar-refractivity contribution in [3.63, 3.8) is 0 Å². The van der Waals surface area contributed by atoms with Crippen LogP contribution in [0.5, 0.6) is 5.75 Å². The van der Waals surface area contributed by atoms with Crippen LogP contribution in [-0.2, 0) is 33.6 Å². The van der Waals surface area contributed by atoms with E-state index < -0.39 is 53.4 Å². The van der Waals surface area contributed by atoms with Gasteiger partial charge in [-0.15, -0.1) is 0 Å². The van der Waals surface area contributed by atoms with Crippen molar-refractivity contribution in [3.8, 4) is 5.75 Å². The summed E-state index contributed by atoms with van der Waals surface area (Å²) < 4.78 is 86.4. The van der Waals surface area contributed by atoms with E-state index in [0.717, 1.165) is 22.6 Å². The summed E-state index contributed by atoms with van der Waals surface area (Å²) in [5.41, 5.74) is -5.67. The van der Waals surface area contributed by atoms with Crippen LogP contribution in [0.3, 0.4) is 0 Å². The van der Waals surface area contributed by atoms with Crippen LogP contribution >= 0.6 is 0 Å². The van der Waals surface area contributed by atoms with Gasteiger partial charge in [0.15, 0.2) is 0 Å². The molecule has 15 heteroatoms. The highest BCUT2D eigenvalue weighted by Gasteiger charge is 2.71. The number of aryl methyl sites for hydroxylation is 1. The monoisotopic (exact) mass is 642 g/mol. The Morgan fingerprint density at radius 2 is 1.67 bits per heavy atom. The number of nitrogens with zero attached hydrogens (tertiary/aromatic N) is 3. The highest BCUT2D eigenvalue weighted by atomic mass is 19.4. The van der Waals surface area contributed by atoms with Crippen LogP contribution in [0.15, 0.2) is 36.4 Å². The molecule has 2 aromatic carbocycles. The number of carbonyl (C=O) groups is 3. The lowest BCUT2D eigenvalue weighted by Gasteiger charge is -2.38. The Balaban J connectivity index is 1.27. The number of hydrogen-bond acceptors (Lipinski definition) is 6. The summed E-state index contributed by atoms with van der Waals surface area (Å²) >= 11 is 0. The molecule has 2 N–H and O–H groups in total. The lowest BCUT2D eigenvalue weighted by Crippen LogP contribution is -2.54. The first-order chi connectivity index (χ1) is 21.0. The molecule has 0 aromatic heterocycles. The molecule has 1 unspecified atom stereocenters. The molecule has 3 heterocycles. The summed E-state index contributed by atoms with van der Waals surface area (Å²) in [6.45, 7) is 3.95. The number of rotatable bonds is 7. The van der Waals surface area contributed by atoms with E-state index in [1.807, 2.05) is 0 Å². The second-order valence-corrected chi connectivity index (χ2v) is 11.5. The van der Waals surface area contributed by atoms with E-state index in [1.165, 1.54) is 4.90 Å². The van der Waals surface area contributed by atoms with Crippen LogP contribution in [-0.4, -0.2) is 84.4 Å². The molecule has 5 rings (SSSR count). The molecule has 244 valence electrons. The van der Waals surface area contributed by atoms with Gasteiger partial charge in [0, 0.05) is 43.9 Å². The first kappa shape index (κ1) is 32.4. The lowest BCUT2D eigenvalue weighted by molar-refractivity contribution is -0.376. The largest absolute Gasteiger partial charge is 0.493 e. The van der Waals surface area contributed by atoms with Crippen LogP contribution in [0.4, 0.5) is 36.8 Å². The van der Waals surface area contributed by atoms with Crippen LogP contribution < -0.4 is 15.0 Å². The van der Waals surface area contributed by atoms with Gasteiger partial charge in [-0.05, 0) is 48.2 Å². The number of imide groups is 1. The molecule has 9 nitrogen and oxygen atoms in total. The van der Waals surface area contributed by atoms with E-state index in [2.05, 4.69) is 5.32 Å². The van der Waals surface area contributed by atoms with Crippen molar-refractivity contribution >= 4 is 23.5 Å². The SMILES string of the molecule is CCCc1cc(C(O)(C(F)(F)F)C(F)(F)F)ccc1N1CCN(C(=O)CN2C(=O)NC(C)(c3ccc4c(c3)CCO4)C2=O)CC1. The molecular formula is C30H32F6N4O5. The van der Waals surface area contributed by atoms with Gasteiger partial charge < -0.3 is 25.0 Å². The minimum Gasteiger partial charge on any atom is -0.493 e. The highest BCUT2D eigenvalue weighted by Crippen LogP contribution is 2.50. The number of piperazine rings is 1. The number of anilines is 1. The zero-order valence-electron chi connectivity index (χ0n) is 24.5. The summed E-state index contributed by atoms with van der Waals surface area (Å²) in [6, 6.07) is 7.00. The van der Waals surface area contributed by atoms with E-state index in [1.54, 1.807) is 36.9 Å². The second-order valence-electron chi connectivity index (χ2n) is 11.5. The van der Waals surface area contributed by atoms with Gasteiger partial charge >= 0.3 is 18.4 Å². The van der Waals surface area contributed by atoms with Gasteiger partial charge in [0.1, 0.15) is 17.8 Å². The predicted octanol–water partition coefficient (Wildman–Crippen LogP) is 4.00. The number of hydrogen-bond donors (Lipinski definition) is 2. The number of fused-ring (bicyclic) bond motifs is 1. The van der Waals surface area contributed by atoms with Gasteiger partial charge in [0.25, 0.3) is 11.5 Å². The maximum Gasteiger partial charge on any atom is 0.430 e. The molecular weight excluding hydrogens is 610 g/mol. The number of ether oxygens (including phenoxy) is 1. The van der Waals surface area contributed by atoms with Crippen molar-refractivity contribution in [2.45, 2.75) is 56.6 Å². The molecule has 0 bridgehead atoms. The van der Waals surface area contributed by atoms with Gasteiger partial charge in [-0.2, -0.15) is 26.3 Å². The molecule has 0 aliphatic carbocycles. The van der Waals surface area contributed by atoms with Crippen molar-refractivity contribution in [1.82, 2.24) is 15.1 Å². The third kappa shape index (κ3) is 5.55. The fourth-order valence-corrected chi connectivity index (χ4v) is 6.04. The number of halogens is 6. The quantitative estimate of drug-likeness (QED) is 0.350. The fourth-order valence-electron chi connectivity index (χ4n) is 6.04. The van der Waals surface area contributed by atoms with Crippen molar-refractivity contribution < 1.29 is 50.6 Å². The standard InChI is InChI=1S/C30H32F6N4O5/c1-3-4-18-15-21(28(44,29(31,32)33)30(34,35)36)5-7-22(18)38-10-12-39(13-11-38)24(41)17-40-25(42)27(2,37-26(40)43)20-6-8-23-19(16-20)9-14-45-23/h5-8,15-16,44H,3-4,9-14,17H2,1-2H3,(H,37,43). The zero-order valence-corrected chi connectivity index (χ0v) is 24.5. The van der Waals surface area contributed by atoms with Crippen LogP contribution in [0.1, 0.15) is 42.5 Å². The Labute approximate surface area is 254 Å². The van der Waals surface area contributed by atoms with E-state index in [0.29, 0.717) is 42.5 Å². The van der Waals surface area contributed by atoms with Gasteiger partial charge in [-0.25, -0.2) is 4.79 Å². The average molecular weight is 643 g/mol. The number of nitrogens with one attached hydrogen (secondary N) is 1. The number of carbonyl (C=O) groups excluding carboxylic acids is 3. The number of amides is 4. The van der Waals surface area contributed by atoms with Gasteiger partial charge in [-0.3, -0.25) is 14.5 Å². The highest BCUT2D eigenvalue weighted by molar-refractivity contribution is 6.09. The van der Waals surface area contributed by atoms with E-state index >= 15 is 0 Å². The van der Waals surface area contributed by atoms with Gasteiger partial charge in [-0.1, -0.05) is 31.5 Å².